The first-order valence-electron chi connectivity index (χ1n) is 4.71. The van der Waals surface area contributed by atoms with Crippen LogP contribution in [0, 0.1) is 0 Å². The van der Waals surface area contributed by atoms with Crippen LogP contribution in [0.2, 0.25) is 0 Å². The molecule has 2 rings (SSSR count). The Kier molecular flexibility index (Phi) is 2.54. The number of allylic oxidation sites excluding steroid dienone is 2. The molecule has 0 N–H and O–H groups in total. The van der Waals surface area contributed by atoms with Gasteiger partial charge in [-0.2, -0.15) is 0 Å². The highest BCUT2D eigenvalue weighted by atomic mass is 32.2. The second-order valence-corrected chi connectivity index (χ2v) is 4.64. The maximum absolute atomic E-state index is 11.5. The van der Waals surface area contributed by atoms with Crippen molar-refractivity contribution in [3.63, 3.8) is 0 Å². The van der Waals surface area contributed by atoms with Crippen LogP contribution in [0.3, 0.4) is 0 Å². The van der Waals surface area contributed by atoms with Crippen molar-refractivity contribution < 1.29 is 9.59 Å². The van der Waals surface area contributed by atoms with E-state index in [1.54, 1.807) is 11.8 Å². The summed E-state index contributed by atoms with van der Waals surface area (Å²) in [5, 5.41) is 0. The maximum Gasteiger partial charge on any atom is 0.167 e. The molecule has 0 atom stereocenters. The average molecular weight is 196 g/mol. The molecular formula is C10H12O2S. The Morgan fingerprint density at radius 2 is 1.62 bits per heavy atom. The highest BCUT2D eigenvalue weighted by Gasteiger charge is 2.27. The third-order valence-corrected chi connectivity index (χ3v) is 3.72. The van der Waals surface area contributed by atoms with E-state index in [0.29, 0.717) is 18.4 Å². The fourth-order valence-corrected chi connectivity index (χ4v) is 3.02. The van der Waals surface area contributed by atoms with Gasteiger partial charge >= 0.3 is 0 Å². The van der Waals surface area contributed by atoms with E-state index in [1.165, 1.54) is 0 Å². The van der Waals surface area contributed by atoms with Crippen molar-refractivity contribution in [2.45, 2.75) is 32.1 Å². The Bertz CT molecular complexity index is 265. The van der Waals surface area contributed by atoms with E-state index in [9.17, 15) is 9.59 Å². The summed E-state index contributed by atoms with van der Waals surface area (Å²) in [5.74, 6) is 1.24. The van der Waals surface area contributed by atoms with Crippen LogP contribution in [0.25, 0.3) is 0 Å². The number of carbonyl (C=O) groups excluding carboxylic acids is 2. The largest absolute Gasteiger partial charge is 0.294 e. The zero-order valence-electron chi connectivity index (χ0n) is 7.47. The molecule has 3 heteroatoms. The van der Waals surface area contributed by atoms with E-state index in [0.717, 1.165) is 29.9 Å². The van der Waals surface area contributed by atoms with Gasteiger partial charge in [0.05, 0.1) is 5.57 Å². The van der Waals surface area contributed by atoms with Crippen LogP contribution in [0.4, 0.5) is 0 Å². The Morgan fingerprint density at radius 1 is 0.923 bits per heavy atom. The molecule has 0 aromatic heterocycles. The van der Waals surface area contributed by atoms with Gasteiger partial charge in [-0.25, -0.2) is 0 Å². The van der Waals surface area contributed by atoms with Crippen LogP contribution in [0.15, 0.2) is 10.5 Å². The van der Waals surface area contributed by atoms with Crippen molar-refractivity contribution in [1.82, 2.24) is 0 Å². The van der Waals surface area contributed by atoms with Gasteiger partial charge in [0.2, 0.25) is 0 Å². The van der Waals surface area contributed by atoms with Crippen molar-refractivity contribution >= 4 is 23.3 Å². The summed E-state index contributed by atoms with van der Waals surface area (Å²) in [6.45, 7) is 0. The monoisotopic (exact) mass is 196 g/mol. The summed E-state index contributed by atoms with van der Waals surface area (Å²) < 4.78 is 0. The first kappa shape index (κ1) is 9.00. The van der Waals surface area contributed by atoms with E-state index in [4.69, 9.17) is 0 Å². The lowest BCUT2D eigenvalue weighted by molar-refractivity contribution is -0.123. The summed E-state index contributed by atoms with van der Waals surface area (Å²) in [4.78, 5) is 24.1. The molecule has 13 heavy (non-hydrogen) atoms. The van der Waals surface area contributed by atoms with Gasteiger partial charge in [-0.15, -0.1) is 11.8 Å². The minimum Gasteiger partial charge on any atom is -0.294 e. The Labute approximate surface area is 81.8 Å². The molecule has 0 aromatic rings. The number of ketones is 2. The first-order chi connectivity index (χ1) is 6.29. The van der Waals surface area contributed by atoms with E-state index in [1.807, 2.05) is 0 Å². The minimum absolute atomic E-state index is 0.0839. The van der Waals surface area contributed by atoms with Crippen LogP contribution < -0.4 is 0 Å². The van der Waals surface area contributed by atoms with Gasteiger partial charge in [0, 0.05) is 12.8 Å². The number of hydrogen-bond acceptors (Lipinski definition) is 3. The molecule has 1 aliphatic carbocycles. The van der Waals surface area contributed by atoms with E-state index < -0.39 is 0 Å². The molecule has 0 amide bonds. The molecule has 0 spiro atoms. The molecule has 2 aliphatic rings. The summed E-state index contributed by atoms with van der Waals surface area (Å²) in [5.41, 5.74) is 0.550. The van der Waals surface area contributed by atoms with E-state index in [2.05, 4.69) is 0 Å². The molecular weight excluding hydrogens is 184 g/mol. The molecule has 1 heterocycles. The van der Waals surface area contributed by atoms with Crippen LogP contribution in [-0.4, -0.2) is 17.3 Å². The van der Waals surface area contributed by atoms with Crippen molar-refractivity contribution in [2.75, 3.05) is 5.75 Å². The van der Waals surface area contributed by atoms with Gasteiger partial charge in [0.15, 0.2) is 11.6 Å². The predicted octanol–water partition coefficient (Wildman–Crippen LogP) is 2.09. The second-order valence-electron chi connectivity index (χ2n) is 3.45. The standard InChI is InChI=1S/C10H12O2S/c11-7-3-1-4-8(12)10(7)9-5-2-6-13-9/h1-6H2. The Balaban J connectivity index is 2.31. The summed E-state index contributed by atoms with van der Waals surface area (Å²) in [6.07, 6.45) is 3.96. The maximum atomic E-state index is 11.5. The summed E-state index contributed by atoms with van der Waals surface area (Å²) >= 11 is 1.69. The molecule has 1 saturated carbocycles. The summed E-state index contributed by atoms with van der Waals surface area (Å²) in [6, 6.07) is 0. The number of thioether (sulfide) groups is 1. The van der Waals surface area contributed by atoms with Crippen LogP contribution in [0.5, 0.6) is 0 Å². The number of Topliss-reactive ketones (excluding diaryl/α,β-unsaturated/α-hetero) is 2. The normalized spacial score (nSPS) is 24.3. The fraction of sp³-hybridized carbons (Fsp3) is 0.600. The highest BCUT2D eigenvalue weighted by Crippen LogP contribution is 2.35. The lowest BCUT2D eigenvalue weighted by Gasteiger charge is -2.13. The Morgan fingerprint density at radius 3 is 2.15 bits per heavy atom. The van der Waals surface area contributed by atoms with Crippen LogP contribution in [-0.2, 0) is 9.59 Å². The Hall–Kier alpha value is -0.570. The topological polar surface area (TPSA) is 34.1 Å². The van der Waals surface area contributed by atoms with Crippen molar-refractivity contribution in [2.24, 2.45) is 0 Å². The van der Waals surface area contributed by atoms with Gasteiger partial charge < -0.3 is 0 Å². The second kappa shape index (κ2) is 3.66. The fourth-order valence-electron chi connectivity index (χ4n) is 1.82. The van der Waals surface area contributed by atoms with Crippen molar-refractivity contribution in [3.8, 4) is 0 Å². The zero-order chi connectivity index (χ0) is 9.26. The number of hydrogen-bond donors (Lipinski definition) is 0. The van der Waals surface area contributed by atoms with Crippen LogP contribution in [0.1, 0.15) is 32.1 Å². The molecule has 0 radical (unpaired) electrons. The minimum atomic E-state index is 0.0839. The molecule has 2 fully saturated rings. The third-order valence-electron chi connectivity index (χ3n) is 2.47. The zero-order valence-corrected chi connectivity index (χ0v) is 8.28. The van der Waals surface area contributed by atoms with Gasteiger partial charge in [-0.3, -0.25) is 9.59 Å². The first-order valence-corrected chi connectivity index (χ1v) is 5.70. The molecule has 2 nitrogen and oxygen atoms in total. The van der Waals surface area contributed by atoms with Crippen LogP contribution >= 0.6 is 11.8 Å². The lowest BCUT2D eigenvalue weighted by atomic mass is 9.91. The SMILES string of the molecule is O=C1CCCC(=O)C1=C1CCCS1. The molecule has 1 saturated heterocycles. The molecule has 1 aliphatic heterocycles. The van der Waals surface area contributed by atoms with Gasteiger partial charge in [-0.05, 0) is 29.9 Å². The highest BCUT2D eigenvalue weighted by molar-refractivity contribution is 8.03. The summed E-state index contributed by atoms with van der Waals surface area (Å²) in [7, 11) is 0. The lowest BCUT2D eigenvalue weighted by Crippen LogP contribution is -2.19. The molecule has 70 valence electrons. The third kappa shape index (κ3) is 1.70. The molecule has 0 bridgehead atoms. The smallest absolute Gasteiger partial charge is 0.167 e. The predicted molar refractivity (Wildman–Crippen MR) is 52.6 cm³/mol. The quantitative estimate of drug-likeness (QED) is 0.439. The van der Waals surface area contributed by atoms with Crippen molar-refractivity contribution in [3.05, 3.63) is 10.5 Å². The van der Waals surface area contributed by atoms with E-state index in [-0.39, 0.29) is 11.6 Å². The number of carbonyl (C=O) groups is 2. The number of rotatable bonds is 0. The average Bonchev–Trinajstić information content (AvgIpc) is 2.57. The van der Waals surface area contributed by atoms with Gasteiger partial charge in [0.1, 0.15) is 0 Å². The van der Waals surface area contributed by atoms with Gasteiger partial charge in [-0.1, -0.05) is 0 Å². The molecule has 0 aromatic carbocycles. The molecule has 0 unspecified atom stereocenters. The van der Waals surface area contributed by atoms with E-state index >= 15 is 0 Å². The van der Waals surface area contributed by atoms with Crippen molar-refractivity contribution in [1.29, 1.82) is 0 Å². The van der Waals surface area contributed by atoms with Gasteiger partial charge in [0.25, 0.3) is 0 Å².